The number of carbonyl (C=O) groups excluding carboxylic acids is 1. The first-order valence-electron chi connectivity index (χ1n) is 6.80. The molecule has 0 amide bonds. The van der Waals surface area contributed by atoms with Gasteiger partial charge in [-0.05, 0) is 61.2 Å². The van der Waals surface area contributed by atoms with Gasteiger partial charge in [0.25, 0.3) is 0 Å². The summed E-state index contributed by atoms with van der Waals surface area (Å²) >= 11 is -1.18. The molecule has 2 aromatic rings. The van der Waals surface area contributed by atoms with Gasteiger partial charge in [0.05, 0.1) is 0 Å². The SMILES string of the molecule is Cc1cccc([S+]([O-])c2ccc3c(c2)CCCC3=O)c1. The minimum absolute atomic E-state index is 0.208. The van der Waals surface area contributed by atoms with E-state index in [-0.39, 0.29) is 5.78 Å². The highest BCUT2D eigenvalue weighted by molar-refractivity contribution is 7.91. The summed E-state index contributed by atoms with van der Waals surface area (Å²) in [4.78, 5) is 13.4. The molecule has 3 rings (SSSR count). The molecule has 0 bridgehead atoms. The van der Waals surface area contributed by atoms with E-state index in [9.17, 15) is 9.35 Å². The fourth-order valence-electron chi connectivity index (χ4n) is 2.61. The molecule has 0 aliphatic heterocycles. The van der Waals surface area contributed by atoms with Crippen molar-refractivity contribution in [3.05, 3.63) is 59.2 Å². The Labute approximate surface area is 122 Å². The molecule has 2 nitrogen and oxygen atoms in total. The highest BCUT2D eigenvalue weighted by Gasteiger charge is 2.21. The number of carbonyl (C=O) groups is 1. The Balaban J connectivity index is 1.96. The maximum absolute atomic E-state index is 12.6. The Bertz CT molecular complexity index is 664. The molecule has 0 saturated carbocycles. The van der Waals surface area contributed by atoms with Crippen molar-refractivity contribution in [2.45, 2.75) is 36.0 Å². The lowest BCUT2D eigenvalue weighted by atomic mass is 9.91. The Kier molecular flexibility index (Phi) is 3.64. The van der Waals surface area contributed by atoms with Crippen molar-refractivity contribution in [2.24, 2.45) is 0 Å². The first kappa shape index (κ1) is 13.4. The molecule has 102 valence electrons. The number of hydrogen-bond donors (Lipinski definition) is 0. The Morgan fingerprint density at radius 3 is 2.65 bits per heavy atom. The van der Waals surface area contributed by atoms with Gasteiger partial charge in [0.2, 0.25) is 0 Å². The maximum atomic E-state index is 12.6. The van der Waals surface area contributed by atoms with Crippen LogP contribution < -0.4 is 0 Å². The average molecular weight is 284 g/mol. The van der Waals surface area contributed by atoms with E-state index in [1.54, 1.807) is 0 Å². The standard InChI is InChI=1S/C17H16O2S/c1-12-4-2-6-14(10-12)20(19)15-8-9-16-13(11-15)5-3-7-17(16)18/h2,4,6,8-11H,3,5,7H2,1H3. The lowest BCUT2D eigenvalue weighted by molar-refractivity contribution is 0.0972. The number of benzene rings is 2. The van der Waals surface area contributed by atoms with Crippen LogP contribution in [0, 0.1) is 6.92 Å². The van der Waals surface area contributed by atoms with Crippen molar-refractivity contribution in [3.63, 3.8) is 0 Å². The molecule has 2 aromatic carbocycles. The number of hydrogen-bond acceptors (Lipinski definition) is 2. The predicted octanol–water partition coefficient (Wildman–Crippen LogP) is 3.68. The van der Waals surface area contributed by atoms with E-state index in [2.05, 4.69) is 0 Å². The second-order valence-corrected chi connectivity index (χ2v) is 6.66. The van der Waals surface area contributed by atoms with E-state index in [4.69, 9.17) is 0 Å². The molecular formula is C17H16O2S. The summed E-state index contributed by atoms with van der Waals surface area (Å²) in [5.74, 6) is 0.208. The molecule has 3 heteroatoms. The highest BCUT2D eigenvalue weighted by Crippen LogP contribution is 2.27. The first-order chi connectivity index (χ1) is 9.65. The van der Waals surface area contributed by atoms with Crippen molar-refractivity contribution in [1.82, 2.24) is 0 Å². The Morgan fingerprint density at radius 1 is 1.05 bits per heavy atom. The van der Waals surface area contributed by atoms with Crippen molar-refractivity contribution in [1.29, 1.82) is 0 Å². The summed E-state index contributed by atoms with van der Waals surface area (Å²) in [7, 11) is 0. The molecule has 0 N–H and O–H groups in total. The van der Waals surface area contributed by atoms with Gasteiger partial charge in [-0.3, -0.25) is 4.79 Å². The van der Waals surface area contributed by atoms with Gasteiger partial charge in [-0.15, -0.1) is 0 Å². The fourth-order valence-corrected chi connectivity index (χ4v) is 3.81. The monoisotopic (exact) mass is 284 g/mol. The average Bonchev–Trinajstić information content (AvgIpc) is 2.46. The largest absolute Gasteiger partial charge is 0.606 e. The second-order valence-electron chi connectivity index (χ2n) is 5.18. The number of rotatable bonds is 2. The summed E-state index contributed by atoms with van der Waals surface area (Å²) in [6, 6.07) is 13.3. The molecule has 0 saturated heterocycles. The van der Waals surface area contributed by atoms with Gasteiger partial charge in [-0.25, -0.2) is 0 Å². The number of aryl methyl sites for hydroxylation is 2. The van der Waals surface area contributed by atoms with E-state index in [0.29, 0.717) is 6.42 Å². The summed E-state index contributed by atoms with van der Waals surface area (Å²) in [5.41, 5.74) is 2.95. The highest BCUT2D eigenvalue weighted by atomic mass is 32.2. The van der Waals surface area contributed by atoms with Crippen LogP contribution in [0.25, 0.3) is 0 Å². The summed E-state index contributed by atoms with van der Waals surface area (Å²) in [5, 5.41) is 0. The van der Waals surface area contributed by atoms with Crippen molar-refractivity contribution in [2.75, 3.05) is 0 Å². The quantitative estimate of drug-likeness (QED) is 0.789. The van der Waals surface area contributed by atoms with E-state index < -0.39 is 11.2 Å². The topological polar surface area (TPSA) is 40.1 Å². The lowest BCUT2D eigenvalue weighted by Gasteiger charge is -2.16. The van der Waals surface area contributed by atoms with E-state index in [1.165, 1.54) is 0 Å². The number of ketones is 1. The van der Waals surface area contributed by atoms with Gasteiger partial charge in [0.15, 0.2) is 15.6 Å². The molecule has 0 aromatic heterocycles. The van der Waals surface area contributed by atoms with Gasteiger partial charge in [-0.1, -0.05) is 12.1 Å². The minimum atomic E-state index is -1.18. The van der Waals surface area contributed by atoms with Crippen molar-refractivity contribution < 1.29 is 9.35 Å². The summed E-state index contributed by atoms with van der Waals surface area (Å²) in [6.45, 7) is 1.99. The lowest BCUT2D eigenvalue weighted by Crippen LogP contribution is -2.12. The Hall–Kier alpha value is -1.58. The normalized spacial score (nSPS) is 15.8. The van der Waals surface area contributed by atoms with Crippen LogP contribution in [0.4, 0.5) is 0 Å². The van der Waals surface area contributed by atoms with Crippen LogP contribution in [0.15, 0.2) is 52.3 Å². The third-order valence-electron chi connectivity index (χ3n) is 3.64. The molecule has 0 radical (unpaired) electrons. The van der Waals surface area contributed by atoms with Gasteiger partial charge in [0.1, 0.15) is 0 Å². The van der Waals surface area contributed by atoms with Crippen molar-refractivity contribution in [3.8, 4) is 0 Å². The molecule has 1 atom stereocenters. The minimum Gasteiger partial charge on any atom is -0.606 e. The fraction of sp³-hybridized carbons (Fsp3) is 0.235. The molecule has 20 heavy (non-hydrogen) atoms. The molecular weight excluding hydrogens is 268 g/mol. The molecule has 0 heterocycles. The smallest absolute Gasteiger partial charge is 0.163 e. The van der Waals surface area contributed by atoms with Gasteiger partial charge < -0.3 is 4.55 Å². The molecule has 1 unspecified atom stereocenters. The van der Waals surface area contributed by atoms with Gasteiger partial charge >= 0.3 is 0 Å². The summed E-state index contributed by atoms with van der Waals surface area (Å²) < 4.78 is 12.6. The van der Waals surface area contributed by atoms with E-state index in [0.717, 1.165) is 39.3 Å². The van der Waals surface area contributed by atoms with E-state index >= 15 is 0 Å². The molecule has 1 aliphatic carbocycles. The number of Topliss-reactive ketones (excluding diaryl/α,β-unsaturated/α-hetero) is 1. The van der Waals surface area contributed by atoms with Crippen LogP contribution in [-0.2, 0) is 17.6 Å². The Morgan fingerprint density at radius 2 is 1.85 bits per heavy atom. The third-order valence-corrected chi connectivity index (χ3v) is 5.01. The molecule has 0 spiro atoms. The number of fused-ring (bicyclic) bond motifs is 1. The predicted molar refractivity (Wildman–Crippen MR) is 79.6 cm³/mol. The van der Waals surface area contributed by atoms with Crippen LogP contribution in [-0.4, -0.2) is 10.3 Å². The molecule has 1 aliphatic rings. The zero-order valence-electron chi connectivity index (χ0n) is 11.4. The van der Waals surface area contributed by atoms with Crippen LogP contribution in [0.1, 0.15) is 34.3 Å². The van der Waals surface area contributed by atoms with Crippen molar-refractivity contribution >= 4 is 17.0 Å². The van der Waals surface area contributed by atoms with Gasteiger partial charge in [0, 0.05) is 23.2 Å². The van der Waals surface area contributed by atoms with Crippen LogP contribution in [0.3, 0.4) is 0 Å². The van der Waals surface area contributed by atoms with Gasteiger partial charge in [-0.2, -0.15) is 0 Å². The van der Waals surface area contributed by atoms with Crippen LogP contribution in [0.5, 0.6) is 0 Å². The summed E-state index contributed by atoms with van der Waals surface area (Å²) in [6.07, 6.45) is 2.43. The van der Waals surface area contributed by atoms with Crippen LogP contribution >= 0.6 is 0 Å². The van der Waals surface area contributed by atoms with E-state index in [1.807, 2.05) is 49.4 Å². The molecule has 0 fully saturated rings. The van der Waals surface area contributed by atoms with Crippen LogP contribution in [0.2, 0.25) is 0 Å². The second kappa shape index (κ2) is 5.43. The zero-order chi connectivity index (χ0) is 14.1. The zero-order valence-corrected chi connectivity index (χ0v) is 12.2. The first-order valence-corrected chi connectivity index (χ1v) is 7.95. The maximum Gasteiger partial charge on any atom is 0.163 e. The third kappa shape index (κ3) is 2.51.